The lowest BCUT2D eigenvalue weighted by atomic mass is 10.1. The number of hydrogen-bond acceptors (Lipinski definition) is 3. The number of rotatable bonds is 2. The Bertz CT molecular complexity index is 1060. The highest BCUT2D eigenvalue weighted by atomic mass is 35.5. The average molecular weight is 401 g/mol. The zero-order valence-electron chi connectivity index (χ0n) is 15.5. The van der Waals surface area contributed by atoms with Gasteiger partial charge in [0.25, 0.3) is 0 Å². The molecule has 2 heterocycles. The van der Waals surface area contributed by atoms with Gasteiger partial charge in [0.1, 0.15) is 22.7 Å². The Morgan fingerprint density at radius 1 is 0.821 bits per heavy atom. The van der Waals surface area contributed by atoms with Crippen molar-refractivity contribution < 1.29 is 13.9 Å². The minimum Gasteiger partial charge on any atom is -0.392 e. The number of halogens is 3. The van der Waals surface area contributed by atoms with Crippen LogP contribution in [0.4, 0.5) is 8.78 Å². The van der Waals surface area contributed by atoms with Gasteiger partial charge >= 0.3 is 0 Å². The maximum atomic E-state index is 13.4. The number of aliphatic hydroxyl groups is 1. The van der Waals surface area contributed by atoms with Crippen molar-refractivity contribution >= 4 is 33.4 Å². The Balaban J connectivity index is 0.000000161. The predicted octanol–water partition coefficient (Wildman–Crippen LogP) is 5.60. The lowest BCUT2D eigenvalue weighted by molar-refractivity contribution is 0.283. The summed E-state index contributed by atoms with van der Waals surface area (Å²) >= 11 is 5.78. The van der Waals surface area contributed by atoms with Gasteiger partial charge in [-0.3, -0.25) is 9.97 Å². The van der Waals surface area contributed by atoms with Gasteiger partial charge in [0.15, 0.2) is 0 Å². The van der Waals surface area contributed by atoms with E-state index in [1.807, 2.05) is 19.1 Å². The van der Waals surface area contributed by atoms with Crippen molar-refractivity contribution in [3.8, 4) is 0 Å². The van der Waals surface area contributed by atoms with Crippen LogP contribution in [0.1, 0.15) is 22.5 Å². The summed E-state index contributed by atoms with van der Waals surface area (Å²) in [6.07, 6.45) is 0. The molecular weight excluding hydrogens is 382 g/mol. The van der Waals surface area contributed by atoms with Crippen LogP contribution >= 0.6 is 11.6 Å². The minimum atomic E-state index is -0.346. The fraction of sp³-hybridized carbons (Fsp3) is 0.182. The van der Waals surface area contributed by atoms with E-state index in [1.54, 1.807) is 31.2 Å². The summed E-state index contributed by atoms with van der Waals surface area (Å²) in [4.78, 5) is 8.25. The summed E-state index contributed by atoms with van der Waals surface area (Å²) in [6.45, 7) is 3.52. The van der Waals surface area contributed by atoms with Crippen LogP contribution in [0.2, 0.25) is 0 Å². The highest BCUT2D eigenvalue weighted by Crippen LogP contribution is 2.22. The summed E-state index contributed by atoms with van der Waals surface area (Å²) in [6, 6.07) is 13.3. The smallest absolute Gasteiger partial charge is 0.149 e. The second-order valence-electron chi connectivity index (χ2n) is 6.41. The molecule has 0 aliphatic rings. The third-order valence-corrected chi connectivity index (χ3v) is 4.61. The Morgan fingerprint density at radius 3 is 1.75 bits per heavy atom. The molecule has 144 valence electrons. The molecule has 0 spiro atoms. The summed E-state index contributed by atoms with van der Waals surface area (Å²) in [5.41, 5.74) is 3.88. The first-order valence-corrected chi connectivity index (χ1v) is 9.24. The number of fused-ring (bicyclic) bond motifs is 2. The Morgan fingerprint density at radius 2 is 1.29 bits per heavy atom. The first-order chi connectivity index (χ1) is 13.4. The molecule has 0 saturated carbocycles. The van der Waals surface area contributed by atoms with Gasteiger partial charge < -0.3 is 5.11 Å². The van der Waals surface area contributed by atoms with Crippen LogP contribution in [0, 0.1) is 25.5 Å². The summed E-state index contributed by atoms with van der Waals surface area (Å²) in [7, 11) is 0. The molecule has 0 aliphatic carbocycles. The normalized spacial score (nSPS) is 10.8. The van der Waals surface area contributed by atoms with E-state index in [-0.39, 0.29) is 18.2 Å². The van der Waals surface area contributed by atoms with Gasteiger partial charge in [0.05, 0.1) is 6.61 Å². The quantitative estimate of drug-likeness (QED) is 0.446. The highest BCUT2D eigenvalue weighted by molar-refractivity contribution is 6.18. The summed E-state index contributed by atoms with van der Waals surface area (Å²) in [5.74, 6) is -0.262. The molecule has 0 atom stereocenters. The van der Waals surface area contributed by atoms with Crippen molar-refractivity contribution in [1.82, 2.24) is 9.97 Å². The van der Waals surface area contributed by atoms with E-state index in [4.69, 9.17) is 16.7 Å². The molecular formula is C22H19ClF2N2O. The number of nitrogens with zero attached hydrogens (tertiary/aromatic N) is 2. The molecule has 3 nitrogen and oxygen atoms in total. The Kier molecular flexibility index (Phi) is 6.17. The van der Waals surface area contributed by atoms with E-state index < -0.39 is 0 Å². The molecule has 1 N–H and O–H groups in total. The molecule has 0 bridgehead atoms. The maximum absolute atomic E-state index is 13.4. The van der Waals surface area contributed by atoms with E-state index in [9.17, 15) is 8.78 Å². The van der Waals surface area contributed by atoms with Crippen molar-refractivity contribution in [2.24, 2.45) is 0 Å². The zero-order chi connectivity index (χ0) is 20.3. The second kappa shape index (κ2) is 8.59. The van der Waals surface area contributed by atoms with E-state index in [2.05, 4.69) is 9.97 Å². The highest BCUT2D eigenvalue weighted by Gasteiger charge is 2.07. The van der Waals surface area contributed by atoms with Gasteiger partial charge in [0.2, 0.25) is 0 Å². The van der Waals surface area contributed by atoms with Crippen LogP contribution < -0.4 is 0 Å². The van der Waals surface area contributed by atoms with Gasteiger partial charge in [-0.15, -0.1) is 11.6 Å². The van der Waals surface area contributed by atoms with Crippen molar-refractivity contribution in [2.75, 3.05) is 0 Å². The number of hydrogen-bond donors (Lipinski definition) is 1. The molecule has 4 aromatic rings. The fourth-order valence-corrected chi connectivity index (χ4v) is 3.32. The lowest BCUT2D eigenvalue weighted by Crippen LogP contribution is -1.93. The summed E-state index contributed by atoms with van der Waals surface area (Å²) < 4.78 is 26.7. The number of aryl methyl sites for hydroxylation is 2. The predicted molar refractivity (Wildman–Crippen MR) is 108 cm³/mol. The molecule has 0 saturated heterocycles. The molecule has 2 aromatic heterocycles. The molecule has 28 heavy (non-hydrogen) atoms. The third-order valence-electron chi connectivity index (χ3n) is 4.32. The molecule has 4 rings (SSSR count). The SMILES string of the molecule is Cc1cc(CCl)c2cccc(F)c2n1.Cc1cc(CO)c2cccc(F)c2n1. The molecule has 0 radical (unpaired) electrons. The first kappa shape index (κ1) is 20.1. The van der Waals surface area contributed by atoms with Crippen molar-refractivity contribution in [3.63, 3.8) is 0 Å². The van der Waals surface area contributed by atoms with Crippen molar-refractivity contribution in [1.29, 1.82) is 0 Å². The zero-order valence-corrected chi connectivity index (χ0v) is 16.3. The van der Waals surface area contributed by atoms with Gasteiger partial charge in [-0.25, -0.2) is 8.78 Å². The topological polar surface area (TPSA) is 46.0 Å². The van der Waals surface area contributed by atoms with E-state index in [1.165, 1.54) is 12.1 Å². The fourth-order valence-electron chi connectivity index (χ4n) is 3.09. The molecule has 0 amide bonds. The maximum Gasteiger partial charge on any atom is 0.149 e. The third kappa shape index (κ3) is 4.11. The second-order valence-corrected chi connectivity index (χ2v) is 6.68. The standard InChI is InChI=1S/C11H9ClFN.C11H10FNO/c1-7-5-8(6-12)9-3-2-4-10(13)11(9)14-7;1-7-5-8(6-14)9-3-2-4-10(12)11(9)13-7/h2-5H,6H2,1H3;2-5,14H,6H2,1H3. The molecule has 0 fully saturated rings. The van der Waals surface area contributed by atoms with E-state index in [0.717, 1.165) is 16.6 Å². The van der Waals surface area contributed by atoms with Gasteiger partial charge in [-0.1, -0.05) is 24.3 Å². The van der Waals surface area contributed by atoms with Crippen LogP contribution in [-0.4, -0.2) is 15.1 Å². The molecule has 0 aliphatic heterocycles. The van der Waals surface area contributed by atoms with Crippen LogP contribution in [0.15, 0.2) is 48.5 Å². The molecule has 6 heteroatoms. The van der Waals surface area contributed by atoms with Crippen LogP contribution in [0.25, 0.3) is 21.8 Å². The number of aliphatic hydroxyl groups excluding tert-OH is 1. The van der Waals surface area contributed by atoms with Crippen LogP contribution in [0.5, 0.6) is 0 Å². The minimum absolute atomic E-state index is 0.0939. The molecule has 2 aromatic carbocycles. The van der Waals surface area contributed by atoms with Crippen molar-refractivity contribution in [2.45, 2.75) is 26.3 Å². The van der Waals surface area contributed by atoms with Crippen LogP contribution in [0.3, 0.4) is 0 Å². The Labute approximate surface area is 166 Å². The number of aromatic nitrogens is 2. The lowest BCUT2D eigenvalue weighted by Gasteiger charge is -2.05. The first-order valence-electron chi connectivity index (χ1n) is 8.71. The van der Waals surface area contributed by atoms with Gasteiger partial charge in [-0.05, 0) is 49.2 Å². The number of benzene rings is 2. The monoisotopic (exact) mass is 400 g/mol. The number of para-hydroxylation sites is 2. The van der Waals surface area contributed by atoms with Crippen LogP contribution in [-0.2, 0) is 12.5 Å². The Hall–Kier alpha value is -2.63. The van der Waals surface area contributed by atoms with E-state index >= 15 is 0 Å². The van der Waals surface area contributed by atoms with E-state index in [0.29, 0.717) is 33.6 Å². The van der Waals surface area contributed by atoms with Crippen molar-refractivity contribution in [3.05, 3.63) is 82.7 Å². The average Bonchev–Trinajstić information content (AvgIpc) is 2.69. The number of alkyl halides is 1. The van der Waals surface area contributed by atoms with Gasteiger partial charge in [-0.2, -0.15) is 0 Å². The summed E-state index contributed by atoms with van der Waals surface area (Å²) in [5, 5.41) is 10.6. The van der Waals surface area contributed by atoms with Gasteiger partial charge in [0, 0.05) is 28.0 Å². The molecule has 0 unspecified atom stereocenters. The number of pyridine rings is 2. The largest absolute Gasteiger partial charge is 0.392 e.